The summed E-state index contributed by atoms with van der Waals surface area (Å²) < 4.78 is 16.6. The second-order valence-corrected chi connectivity index (χ2v) is 5.29. The molecule has 0 atom stereocenters. The van der Waals surface area contributed by atoms with Gasteiger partial charge in [0.25, 0.3) is 0 Å². The second-order valence-electron chi connectivity index (χ2n) is 5.29. The maximum atomic E-state index is 12.5. The largest absolute Gasteiger partial charge is 0.489 e. The first kappa shape index (κ1) is 15.9. The molecule has 1 aromatic heterocycles. The molecule has 0 radical (unpaired) electrons. The minimum absolute atomic E-state index is 0.159. The zero-order chi connectivity index (χ0) is 16.9. The topological polar surface area (TPSA) is 48.7 Å². The van der Waals surface area contributed by atoms with E-state index in [4.69, 9.17) is 13.9 Å². The Labute approximate surface area is 139 Å². The van der Waals surface area contributed by atoms with Crippen molar-refractivity contribution in [3.8, 4) is 17.2 Å². The van der Waals surface area contributed by atoms with Gasteiger partial charge in [-0.3, -0.25) is 4.79 Å². The van der Waals surface area contributed by atoms with Crippen LogP contribution in [-0.2, 0) is 6.42 Å². The van der Waals surface area contributed by atoms with E-state index in [-0.39, 0.29) is 11.2 Å². The number of hydrogen-bond donors (Lipinski definition) is 0. The highest BCUT2D eigenvalue weighted by Gasteiger charge is 2.10. The van der Waals surface area contributed by atoms with Crippen molar-refractivity contribution >= 4 is 11.0 Å². The van der Waals surface area contributed by atoms with Gasteiger partial charge in [0.15, 0.2) is 0 Å². The third kappa shape index (κ3) is 3.33. The molecule has 0 saturated carbocycles. The van der Waals surface area contributed by atoms with Crippen molar-refractivity contribution in [2.75, 3.05) is 6.61 Å². The SMILES string of the molecule is C=CCOc1ccc2c(=O)c(Oc3ccc(CC)cc3)coc2c1. The van der Waals surface area contributed by atoms with Crippen LogP contribution in [0.3, 0.4) is 0 Å². The molecular formula is C20H18O4. The summed E-state index contributed by atoms with van der Waals surface area (Å²) in [7, 11) is 0. The number of aryl methyl sites for hydroxylation is 1. The lowest BCUT2D eigenvalue weighted by Crippen LogP contribution is -2.05. The molecule has 4 nitrogen and oxygen atoms in total. The highest BCUT2D eigenvalue weighted by Crippen LogP contribution is 2.24. The Morgan fingerprint density at radius 3 is 2.58 bits per heavy atom. The first-order valence-corrected chi connectivity index (χ1v) is 7.77. The summed E-state index contributed by atoms with van der Waals surface area (Å²) >= 11 is 0. The third-order valence-electron chi connectivity index (χ3n) is 3.64. The third-order valence-corrected chi connectivity index (χ3v) is 3.64. The van der Waals surface area contributed by atoms with Gasteiger partial charge in [0, 0.05) is 6.07 Å². The van der Waals surface area contributed by atoms with Crippen LogP contribution in [0.1, 0.15) is 12.5 Å². The van der Waals surface area contributed by atoms with E-state index in [1.165, 1.54) is 11.8 Å². The zero-order valence-electron chi connectivity index (χ0n) is 13.5. The molecule has 0 aliphatic carbocycles. The van der Waals surface area contributed by atoms with Gasteiger partial charge in [0.05, 0.1) is 5.39 Å². The van der Waals surface area contributed by atoms with Crippen molar-refractivity contribution in [2.24, 2.45) is 0 Å². The van der Waals surface area contributed by atoms with Crippen molar-refractivity contribution in [2.45, 2.75) is 13.3 Å². The van der Waals surface area contributed by atoms with Crippen molar-refractivity contribution in [1.82, 2.24) is 0 Å². The lowest BCUT2D eigenvalue weighted by molar-refractivity contribution is 0.363. The Balaban J connectivity index is 1.90. The fourth-order valence-electron chi connectivity index (χ4n) is 2.33. The van der Waals surface area contributed by atoms with Crippen molar-refractivity contribution in [3.05, 3.63) is 77.2 Å². The molecule has 4 heteroatoms. The van der Waals surface area contributed by atoms with E-state index in [2.05, 4.69) is 13.5 Å². The van der Waals surface area contributed by atoms with E-state index in [1.807, 2.05) is 24.3 Å². The van der Waals surface area contributed by atoms with Crippen LogP contribution in [0.4, 0.5) is 0 Å². The second kappa shape index (κ2) is 7.04. The van der Waals surface area contributed by atoms with Crippen LogP contribution >= 0.6 is 0 Å². The van der Waals surface area contributed by atoms with Gasteiger partial charge >= 0.3 is 0 Å². The maximum absolute atomic E-state index is 12.5. The van der Waals surface area contributed by atoms with E-state index < -0.39 is 0 Å². The highest BCUT2D eigenvalue weighted by atomic mass is 16.5. The van der Waals surface area contributed by atoms with Crippen LogP contribution < -0.4 is 14.9 Å². The van der Waals surface area contributed by atoms with Gasteiger partial charge in [0.2, 0.25) is 11.2 Å². The predicted molar refractivity (Wildman–Crippen MR) is 94.1 cm³/mol. The van der Waals surface area contributed by atoms with Gasteiger partial charge in [-0.1, -0.05) is 31.7 Å². The van der Waals surface area contributed by atoms with E-state index in [1.54, 1.807) is 24.3 Å². The lowest BCUT2D eigenvalue weighted by atomic mass is 10.2. The molecule has 3 rings (SSSR count). The zero-order valence-corrected chi connectivity index (χ0v) is 13.5. The molecular weight excluding hydrogens is 304 g/mol. The molecule has 0 fully saturated rings. The van der Waals surface area contributed by atoms with Gasteiger partial charge in [-0.05, 0) is 36.2 Å². The van der Waals surface area contributed by atoms with Crippen LogP contribution in [0, 0.1) is 0 Å². The molecule has 0 saturated heterocycles. The summed E-state index contributed by atoms with van der Waals surface area (Å²) in [6.07, 6.45) is 3.94. The number of benzene rings is 2. The minimum atomic E-state index is -0.217. The van der Waals surface area contributed by atoms with Crippen LogP contribution in [0.15, 0.2) is 70.6 Å². The summed E-state index contributed by atoms with van der Waals surface area (Å²) in [5.41, 5.74) is 1.45. The normalized spacial score (nSPS) is 10.5. The Morgan fingerprint density at radius 2 is 1.88 bits per heavy atom. The fraction of sp³-hybridized carbons (Fsp3) is 0.150. The molecule has 24 heavy (non-hydrogen) atoms. The maximum Gasteiger partial charge on any atom is 0.235 e. The molecule has 0 spiro atoms. The molecule has 1 heterocycles. The van der Waals surface area contributed by atoms with Gasteiger partial charge in [-0.2, -0.15) is 0 Å². The first-order chi connectivity index (χ1) is 11.7. The fourth-order valence-corrected chi connectivity index (χ4v) is 2.33. The Hall–Kier alpha value is -3.01. The van der Waals surface area contributed by atoms with Crippen LogP contribution in [0.2, 0.25) is 0 Å². The number of ether oxygens (including phenoxy) is 2. The first-order valence-electron chi connectivity index (χ1n) is 7.77. The smallest absolute Gasteiger partial charge is 0.235 e. The van der Waals surface area contributed by atoms with Crippen molar-refractivity contribution < 1.29 is 13.9 Å². The Bertz CT molecular complexity index is 907. The summed E-state index contributed by atoms with van der Waals surface area (Å²) in [6, 6.07) is 12.7. The average Bonchev–Trinajstić information content (AvgIpc) is 2.63. The molecule has 0 unspecified atom stereocenters. The predicted octanol–water partition coefficient (Wildman–Crippen LogP) is 4.71. The number of rotatable bonds is 6. The minimum Gasteiger partial charge on any atom is -0.489 e. The summed E-state index contributed by atoms with van der Waals surface area (Å²) in [4.78, 5) is 12.5. The molecule has 3 aromatic rings. The molecule has 122 valence electrons. The monoisotopic (exact) mass is 322 g/mol. The molecule has 2 aromatic carbocycles. The average molecular weight is 322 g/mol. The van der Waals surface area contributed by atoms with Crippen LogP contribution in [0.5, 0.6) is 17.2 Å². The van der Waals surface area contributed by atoms with Crippen molar-refractivity contribution in [1.29, 1.82) is 0 Å². The Kier molecular flexibility index (Phi) is 4.66. The Morgan fingerprint density at radius 1 is 1.12 bits per heavy atom. The summed E-state index contributed by atoms with van der Waals surface area (Å²) in [5.74, 6) is 1.38. The van der Waals surface area contributed by atoms with Gasteiger partial charge in [0.1, 0.15) is 30.0 Å². The number of hydrogen-bond acceptors (Lipinski definition) is 4. The molecule has 0 aliphatic heterocycles. The quantitative estimate of drug-likeness (QED) is 0.617. The van der Waals surface area contributed by atoms with Gasteiger partial charge in [-0.15, -0.1) is 0 Å². The van der Waals surface area contributed by atoms with E-state index in [9.17, 15) is 4.79 Å². The molecule has 0 N–H and O–H groups in total. The van der Waals surface area contributed by atoms with Crippen molar-refractivity contribution in [3.63, 3.8) is 0 Å². The van der Waals surface area contributed by atoms with E-state index in [0.717, 1.165) is 6.42 Å². The van der Waals surface area contributed by atoms with Crippen LogP contribution in [0.25, 0.3) is 11.0 Å². The van der Waals surface area contributed by atoms with E-state index >= 15 is 0 Å². The van der Waals surface area contributed by atoms with E-state index in [0.29, 0.717) is 29.1 Å². The van der Waals surface area contributed by atoms with Crippen LogP contribution in [-0.4, -0.2) is 6.61 Å². The highest BCUT2D eigenvalue weighted by molar-refractivity contribution is 5.79. The van der Waals surface area contributed by atoms with Gasteiger partial charge < -0.3 is 13.9 Å². The lowest BCUT2D eigenvalue weighted by Gasteiger charge is -2.07. The summed E-state index contributed by atoms with van der Waals surface area (Å²) in [6.45, 7) is 6.08. The summed E-state index contributed by atoms with van der Waals surface area (Å²) in [5, 5.41) is 0.448. The number of fused-ring (bicyclic) bond motifs is 1. The standard InChI is InChI=1S/C20H18O4/c1-3-11-22-16-9-10-17-18(12-16)23-13-19(20(17)21)24-15-7-5-14(4-2)6-8-15/h3,5-10,12-13H,1,4,11H2,2H3. The molecule has 0 aliphatic rings. The van der Waals surface area contributed by atoms with Gasteiger partial charge in [-0.25, -0.2) is 0 Å². The molecule has 0 bridgehead atoms. The molecule has 0 amide bonds.